The zero-order valence-electron chi connectivity index (χ0n) is 16.9. The number of imide groups is 1. The SMILES string of the molecule is CCOC(=O)C1=NN(c2cccc(C)c2)[C@H]2C(=O)N(c3ccccc3OC)C(=O)[C@@H]12. The van der Waals surface area contributed by atoms with Crippen LogP contribution in [0.4, 0.5) is 11.4 Å². The number of carbonyl (C=O) groups is 3. The van der Waals surface area contributed by atoms with E-state index >= 15 is 0 Å². The van der Waals surface area contributed by atoms with E-state index in [2.05, 4.69) is 5.10 Å². The van der Waals surface area contributed by atoms with Crippen LogP contribution in [0.1, 0.15) is 12.5 Å². The van der Waals surface area contributed by atoms with Crippen molar-refractivity contribution in [1.82, 2.24) is 0 Å². The van der Waals surface area contributed by atoms with E-state index in [4.69, 9.17) is 9.47 Å². The maximum Gasteiger partial charge on any atom is 0.355 e. The molecule has 2 amide bonds. The molecule has 0 saturated carbocycles. The van der Waals surface area contributed by atoms with E-state index in [9.17, 15) is 14.4 Å². The fraction of sp³-hybridized carbons (Fsp3) is 0.273. The average molecular weight is 407 g/mol. The van der Waals surface area contributed by atoms with Gasteiger partial charge in [-0.2, -0.15) is 5.10 Å². The molecule has 0 radical (unpaired) electrons. The predicted octanol–water partition coefficient (Wildman–Crippen LogP) is 2.30. The Labute approximate surface area is 173 Å². The molecule has 1 saturated heterocycles. The van der Waals surface area contributed by atoms with Gasteiger partial charge < -0.3 is 9.47 Å². The summed E-state index contributed by atoms with van der Waals surface area (Å²) >= 11 is 0. The summed E-state index contributed by atoms with van der Waals surface area (Å²) in [6, 6.07) is 13.2. The maximum absolute atomic E-state index is 13.4. The summed E-state index contributed by atoms with van der Waals surface area (Å²) < 4.78 is 10.4. The van der Waals surface area contributed by atoms with E-state index in [1.807, 2.05) is 25.1 Å². The highest BCUT2D eigenvalue weighted by Gasteiger charge is 2.59. The molecule has 2 heterocycles. The van der Waals surface area contributed by atoms with Gasteiger partial charge in [0.2, 0.25) is 5.91 Å². The van der Waals surface area contributed by atoms with Gasteiger partial charge in [0, 0.05) is 0 Å². The van der Waals surface area contributed by atoms with Crippen molar-refractivity contribution in [2.45, 2.75) is 19.9 Å². The molecule has 0 N–H and O–H groups in total. The van der Waals surface area contributed by atoms with Gasteiger partial charge >= 0.3 is 5.97 Å². The Morgan fingerprint density at radius 2 is 1.87 bits per heavy atom. The minimum Gasteiger partial charge on any atom is -0.495 e. The molecule has 8 heteroatoms. The van der Waals surface area contributed by atoms with Crippen molar-refractivity contribution in [2.24, 2.45) is 11.0 Å². The molecule has 2 aliphatic heterocycles. The second-order valence-electron chi connectivity index (χ2n) is 7.00. The van der Waals surface area contributed by atoms with E-state index in [0.29, 0.717) is 17.1 Å². The number of hydrogen-bond acceptors (Lipinski definition) is 7. The van der Waals surface area contributed by atoms with Gasteiger partial charge in [-0.1, -0.05) is 24.3 Å². The third-order valence-corrected chi connectivity index (χ3v) is 5.13. The molecule has 0 unspecified atom stereocenters. The number of esters is 1. The molecule has 0 aromatic heterocycles. The minimum atomic E-state index is -1.05. The molecular weight excluding hydrogens is 386 g/mol. The number of anilines is 2. The number of hydrazone groups is 1. The molecule has 2 aromatic carbocycles. The number of nitrogens with zero attached hydrogens (tertiary/aromatic N) is 3. The fourth-order valence-electron chi connectivity index (χ4n) is 3.82. The van der Waals surface area contributed by atoms with Gasteiger partial charge in [-0.05, 0) is 43.7 Å². The molecule has 4 rings (SSSR count). The second kappa shape index (κ2) is 7.62. The molecule has 154 valence electrons. The number of fused-ring (bicyclic) bond motifs is 1. The summed E-state index contributed by atoms with van der Waals surface area (Å²) in [4.78, 5) is 40.4. The zero-order chi connectivity index (χ0) is 21.4. The molecule has 30 heavy (non-hydrogen) atoms. The summed E-state index contributed by atoms with van der Waals surface area (Å²) in [5.41, 5.74) is 1.84. The smallest absolute Gasteiger partial charge is 0.355 e. The van der Waals surface area contributed by atoms with E-state index in [1.54, 1.807) is 37.3 Å². The highest BCUT2D eigenvalue weighted by Crippen LogP contribution is 2.40. The van der Waals surface area contributed by atoms with Gasteiger partial charge in [-0.25, -0.2) is 9.69 Å². The number of ether oxygens (including phenoxy) is 2. The van der Waals surface area contributed by atoms with Crippen LogP contribution < -0.4 is 14.6 Å². The van der Waals surface area contributed by atoms with Crippen molar-refractivity contribution in [3.63, 3.8) is 0 Å². The number of para-hydroxylation sites is 2. The van der Waals surface area contributed by atoms with Gasteiger partial charge in [0.05, 0.1) is 25.1 Å². The van der Waals surface area contributed by atoms with Crippen molar-refractivity contribution in [1.29, 1.82) is 0 Å². The van der Waals surface area contributed by atoms with Gasteiger partial charge in [0.25, 0.3) is 5.91 Å². The van der Waals surface area contributed by atoms with E-state index in [-0.39, 0.29) is 12.3 Å². The second-order valence-corrected chi connectivity index (χ2v) is 7.00. The number of hydrogen-bond donors (Lipinski definition) is 0. The predicted molar refractivity (Wildman–Crippen MR) is 110 cm³/mol. The standard InChI is InChI=1S/C22H21N3O5/c1-4-30-22(28)18-17-19(25(23-18)14-9-7-8-13(2)12-14)21(27)24(20(17)26)15-10-5-6-11-16(15)29-3/h5-12,17,19H,4H2,1-3H3/t17-,19+/m0/s1. The van der Waals surface area contributed by atoms with Gasteiger partial charge in [-0.3, -0.25) is 14.6 Å². The summed E-state index contributed by atoms with van der Waals surface area (Å²) in [6.45, 7) is 3.72. The largest absolute Gasteiger partial charge is 0.495 e. The van der Waals surface area contributed by atoms with Crippen LogP contribution in [0.25, 0.3) is 0 Å². The quantitative estimate of drug-likeness (QED) is 0.558. The molecule has 0 spiro atoms. The van der Waals surface area contributed by atoms with Crippen LogP contribution >= 0.6 is 0 Å². The Morgan fingerprint density at radius 1 is 1.10 bits per heavy atom. The lowest BCUT2D eigenvalue weighted by molar-refractivity contribution is -0.136. The van der Waals surface area contributed by atoms with Crippen LogP contribution in [0.3, 0.4) is 0 Å². The minimum absolute atomic E-state index is 0.0703. The highest BCUT2D eigenvalue weighted by atomic mass is 16.5. The van der Waals surface area contributed by atoms with Crippen molar-refractivity contribution in [3.05, 3.63) is 54.1 Å². The van der Waals surface area contributed by atoms with Gasteiger partial charge in [0.1, 0.15) is 17.7 Å². The molecule has 2 aliphatic rings. The molecule has 2 aromatic rings. The first-order chi connectivity index (χ1) is 14.5. The van der Waals surface area contributed by atoms with Gasteiger partial charge in [-0.15, -0.1) is 0 Å². The Kier molecular flexibility index (Phi) is 4.99. The van der Waals surface area contributed by atoms with Crippen molar-refractivity contribution >= 4 is 34.9 Å². The van der Waals surface area contributed by atoms with Crippen LogP contribution in [0.5, 0.6) is 5.75 Å². The fourth-order valence-corrected chi connectivity index (χ4v) is 3.82. The normalized spacial score (nSPS) is 20.3. The van der Waals surface area contributed by atoms with Crippen molar-refractivity contribution in [3.8, 4) is 5.75 Å². The third kappa shape index (κ3) is 3.01. The number of amides is 2. The maximum atomic E-state index is 13.4. The summed E-state index contributed by atoms with van der Waals surface area (Å²) in [5.74, 6) is -2.38. The first-order valence-electron chi connectivity index (χ1n) is 9.60. The van der Waals surface area contributed by atoms with Gasteiger partial charge in [0.15, 0.2) is 5.71 Å². The number of methoxy groups -OCH3 is 1. The summed E-state index contributed by atoms with van der Waals surface area (Å²) in [6.07, 6.45) is 0. The molecule has 0 aliphatic carbocycles. The Hall–Kier alpha value is -3.68. The first kappa shape index (κ1) is 19.6. The summed E-state index contributed by atoms with van der Waals surface area (Å²) in [5, 5.41) is 5.79. The lowest BCUT2D eigenvalue weighted by Gasteiger charge is -2.23. The molecule has 8 nitrogen and oxygen atoms in total. The topological polar surface area (TPSA) is 88.5 Å². The van der Waals surface area contributed by atoms with Crippen molar-refractivity contribution in [2.75, 3.05) is 23.6 Å². The Bertz CT molecular complexity index is 1060. The lowest BCUT2D eigenvalue weighted by atomic mass is 9.97. The average Bonchev–Trinajstić information content (AvgIpc) is 3.25. The molecule has 0 bridgehead atoms. The number of aryl methyl sites for hydroxylation is 1. The van der Waals surface area contributed by atoms with Crippen molar-refractivity contribution < 1.29 is 23.9 Å². The van der Waals surface area contributed by atoms with Crippen LogP contribution in [0.15, 0.2) is 53.6 Å². The third-order valence-electron chi connectivity index (χ3n) is 5.13. The zero-order valence-corrected chi connectivity index (χ0v) is 16.9. The van der Waals surface area contributed by atoms with Crippen LogP contribution in [-0.4, -0.2) is 43.3 Å². The Balaban J connectivity index is 1.82. The monoisotopic (exact) mass is 407 g/mol. The molecule has 1 fully saturated rings. The number of carbonyl (C=O) groups excluding carboxylic acids is 3. The van der Waals surface area contributed by atoms with Crippen LogP contribution in [0, 0.1) is 12.8 Å². The van der Waals surface area contributed by atoms with E-state index < -0.39 is 29.7 Å². The first-order valence-corrected chi connectivity index (χ1v) is 9.60. The highest BCUT2D eigenvalue weighted by molar-refractivity contribution is 6.47. The Morgan fingerprint density at radius 3 is 2.57 bits per heavy atom. The van der Waals surface area contributed by atoms with E-state index in [0.717, 1.165) is 10.5 Å². The van der Waals surface area contributed by atoms with Crippen LogP contribution in [0.2, 0.25) is 0 Å². The van der Waals surface area contributed by atoms with E-state index in [1.165, 1.54) is 12.1 Å². The lowest BCUT2D eigenvalue weighted by Crippen LogP contribution is -2.39. The van der Waals surface area contributed by atoms with Crippen LogP contribution in [-0.2, 0) is 19.1 Å². The number of benzene rings is 2. The molecule has 2 atom stereocenters. The number of rotatable bonds is 5. The summed E-state index contributed by atoms with van der Waals surface area (Å²) in [7, 11) is 1.47. The molecular formula is C22H21N3O5.